The summed E-state index contributed by atoms with van der Waals surface area (Å²) in [5.41, 5.74) is 0.121. The molecule has 1 aromatic carbocycles. The van der Waals surface area contributed by atoms with Gasteiger partial charge in [-0.2, -0.15) is 0 Å². The number of ketones is 1. The van der Waals surface area contributed by atoms with Crippen LogP contribution in [0, 0.1) is 5.82 Å². The van der Waals surface area contributed by atoms with E-state index in [4.69, 9.17) is 5.11 Å². The minimum absolute atomic E-state index is 0.0776. The monoisotopic (exact) mass is 212 g/mol. The Morgan fingerprint density at radius 2 is 2.13 bits per heavy atom. The number of aliphatic carboxylic acids is 1. The fourth-order valence-electron chi connectivity index (χ4n) is 1.07. The maximum atomic E-state index is 12.9. The molecule has 0 aliphatic rings. The van der Waals surface area contributed by atoms with Crippen LogP contribution in [0.5, 0.6) is 5.75 Å². The van der Waals surface area contributed by atoms with Crippen molar-refractivity contribution in [1.82, 2.24) is 0 Å². The molecule has 0 aromatic heterocycles. The normalized spacial score (nSPS) is 9.73. The van der Waals surface area contributed by atoms with Crippen LogP contribution in [0.15, 0.2) is 18.2 Å². The number of hydrogen-bond donors (Lipinski definition) is 1. The molecule has 80 valence electrons. The Kier molecular flexibility index (Phi) is 3.38. The van der Waals surface area contributed by atoms with E-state index < -0.39 is 24.0 Å². The van der Waals surface area contributed by atoms with Crippen LogP contribution in [0.1, 0.15) is 16.8 Å². The minimum atomic E-state index is -1.22. The average molecular weight is 212 g/mol. The third-order valence-corrected chi connectivity index (χ3v) is 1.78. The summed E-state index contributed by atoms with van der Waals surface area (Å²) >= 11 is 0. The molecule has 0 saturated heterocycles. The number of carbonyl (C=O) groups is 2. The lowest BCUT2D eigenvalue weighted by molar-refractivity contribution is -0.135. The second kappa shape index (κ2) is 4.54. The van der Waals surface area contributed by atoms with Gasteiger partial charge < -0.3 is 9.84 Å². The Balaban J connectivity index is 2.95. The summed E-state index contributed by atoms with van der Waals surface area (Å²) in [6, 6.07) is 3.47. The van der Waals surface area contributed by atoms with Crippen molar-refractivity contribution in [1.29, 1.82) is 0 Å². The number of hydrogen-bond acceptors (Lipinski definition) is 3. The van der Waals surface area contributed by atoms with Crippen molar-refractivity contribution < 1.29 is 23.8 Å². The van der Waals surface area contributed by atoms with Crippen LogP contribution in [0.25, 0.3) is 0 Å². The van der Waals surface area contributed by atoms with E-state index in [-0.39, 0.29) is 11.3 Å². The number of Topliss-reactive ketones (excluding diaryl/α,β-unsaturated/α-hetero) is 1. The van der Waals surface area contributed by atoms with Gasteiger partial charge in [-0.25, -0.2) is 4.39 Å². The summed E-state index contributed by atoms with van der Waals surface area (Å²) in [6.45, 7) is 0. The highest BCUT2D eigenvalue weighted by Gasteiger charge is 2.13. The Hall–Kier alpha value is -1.91. The Bertz CT molecular complexity index is 400. The van der Waals surface area contributed by atoms with Crippen LogP contribution >= 0.6 is 0 Å². The Morgan fingerprint density at radius 1 is 1.47 bits per heavy atom. The number of ether oxygens (including phenoxy) is 1. The second-order valence-electron chi connectivity index (χ2n) is 2.84. The van der Waals surface area contributed by atoms with Crippen LogP contribution in [0.2, 0.25) is 0 Å². The summed E-state index contributed by atoms with van der Waals surface area (Å²) in [5.74, 6) is -2.47. The van der Waals surface area contributed by atoms with E-state index in [0.29, 0.717) is 0 Å². The first kappa shape index (κ1) is 11.2. The molecule has 0 unspecified atom stereocenters. The standard InChI is InChI=1S/C10H9FO4/c1-15-9-4-6(2-3-7(9)11)8(12)5-10(13)14/h2-4H,5H2,1H3,(H,13,14). The van der Waals surface area contributed by atoms with Gasteiger partial charge in [-0.3, -0.25) is 9.59 Å². The van der Waals surface area contributed by atoms with Gasteiger partial charge >= 0.3 is 5.97 Å². The molecule has 0 saturated carbocycles. The van der Waals surface area contributed by atoms with Crippen LogP contribution in [0.3, 0.4) is 0 Å². The SMILES string of the molecule is COc1cc(C(=O)CC(=O)O)ccc1F. The van der Waals surface area contributed by atoms with E-state index in [0.717, 1.165) is 6.07 Å². The van der Waals surface area contributed by atoms with Gasteiger partial charge in [0.05, 0.1) is 7.11 Å². The molecule has 5 heteroatoms. The third-order valence-electron chi connectivity index (χ3n) is 1.78. The zero-order valence-electron chi connectivity index (χ0n) is 7.99. The lowest BCUT2D eigenvalue weighted by atomic mass is 10.1. The third kappa shape index (κ3) is 2.77. The number of rotatable bonds is 4. The lowest BCUT2D eigenvalue weighted by Crippen LogP contribution is -2.07. The van der Waals surface area contributed by atoms with Crippen molar-refractivity contribution in [2.75, 3.05) is 7.11 Å². The molecule has 0 atom stereocenters. The molecule has 15 heavy (non-hydrogen) atoms. The van der Waals surface area contributed by atoms with Crippen LogP contribution in [0.4, 0.5) is 4.39 Å². The largest absolute Gasteiger partial charge is 0.494 e. The van der Waals surface area contributed by atoms with Gasteiger partial charge in [-0.15, -0.1) is 0 Å². The first-order valence-corrected chi connectivity index (χ1v) is 4.13. The smallest absolute Gasteiger partial charge is 0.311 e. The maximum absolute atomic E-state index is 12.9. The van der Waals surface area contributed by atoms with Gasteiger partial charge in [0, 0.05) is 5.56 Å². The zero-order valence-corrected chi connectivity index (χ0v) is 7.99. The van der Waals surface area contributed by atoms with Gasteiger partial charge in [0.25, 0.3) is 0 Å². The van der Waals surface area contributed by atoms with Crippen molar-refractivity contribution >= 4 is 11.8 Å². The van der Waals surface area contributed by atoms with Gasteiger partial charge in [0.15, 0.2) is 17.3 Å². The molecule has 0 radical (unpaired) electrons. The van der Waals surface area contributed by atoms with Crippen molar-refractivity contribution in [3.8, 4) is 5.75 Å². The molecule has 0 aliphatic heterocycles. The van der Waals surface area contributed by atoms with E-state index in [2.05, 4.69) is 4.74 Å². The van der Waals surface area contributed by atoms with Crippen molar-refractivity contribution in [3.63, 3.8) is 0 Å². The Morgan fingerprint density at radius 3 is 2.67 bits per heavy atom. The molecule has 0 heterocycles. The molecule has 1 rings (SSSR count). The summed E-state index contributed by atoms with van der Waals surface area (Å²) in [7, 11) is 1.27. The highest BCUT2D eigenvalue weighted by atomic mass is 19.1. The van der Waals surface area contributed by atoms with Gasteiger partial charge in [0.2, 0.25) is 0 Å². The number of carbonyl (C=O) groups excluding carboxylic acids is 1. The number of benzene rings is 1. The highest BCUT2D eigenvalue weighted by molar-refractivity contribution is 6.05. The van der Waals surface area contributed by atoms with E-state index >= 15 is 0 Å². The predicted molar refractivity (Wildman–Crippen MR) is 49.5 cm³/mol. The quantitative estimate of drug-likeness (QED) is 0.606. The van der Waals surface area contributed by atoms with Gasteiger partial charge in [-0.05, 0) is 18.2 Å². The molecule has 0 bridgehead atoms. The summed E-state index contributed by atoms with van der Waals surface area (Å²) < 4.78 is 17.6. The molecule has 4 nitrogen and oxygen atoms in total. The molecule has 0 aliphatic carbocycles. The van der Waals surface area contributed by atoms with Crippen LogP contribution in [-0.2, 0) is 4.79 Å². The summed E-state index contributed by atoms with van der Waals surface area (Å²) in [6.07, 6.45) is -0.616. The summed E-state index contributed by atoms with van der Waals surface area (Å²) in [5, 5.41) is 8.40. The van der Waals surface area contributed by atoms with E-state index in [1.165, 1.54) is 19.2 Å². The first-order valence-electron chi connectivity index (χ1n) is 4.13. The predicted octanol–water partition coefficient (Wildman–Crippen LogP) is 1.49. The van der Waals surface area contributed by atoms with Crippen molar-refractivity contribution in [2.24, 2.45) is 0 Å². The fourth-order valence-corrected chi connectivity index (χ4v) is 1.07. The minimum Gasteiger partial charge on any atom is -0.494 e. The van der Waals surface area contributed by atoms with Crippen LogP contribution < -0.4 is 4.74 Å². The van der Waals surface area contributed by atoms with Gasteiger partial charge in [0.1, 0.15) is 6.42 Å². The van der Waals surface area contributed by atoms with Crippen molar-refractivity contribution in [2.45, 2.75) is 6.42 Å². The number of methoxy groups -OCH3 is 1. The molecule has 0 spiro atoms. The number of halogens is 1. The van der Waals surface area contributed by atoms with E-state index in [1.54, 1.807) is 0 Å². The molecular formula is C10H9FO4. The maximum Gasteiger partial charge on any atom is 0.311 e. The topological polar surface area (TPSA) is 63.6 Å². The molecule has 0 fully saturated rings. The average Bonchev–Trinajstić information content (AvgIpc) is 2.17. The Labute approximate surface area is 85.3 Å². The number of carboxylic acid groups (broad SMARTS) is 1. The molecule has 1 aromatic rings. The molecule has 1 N–H and O–H groups in total. The van der Waals surface area contributed by atoms with E-state index in [1.807, 2.05) is 0 Å². The second-order valence-corrected chi connectivity index (χ2v) is 2.84. The first-order chi connectivity index (χ1) is 7.04. The zero-order chi connectivity index (χ0) is 11.4. The van der Waals surface area contributed by atoms with E-state index in [9.17, 15) is 14.0 Å². The van der Waals surface area contributed by atoms with Gasteiger partial charge in [-0.1, -0.05) is 0 Å². The molecule has 0 amide bonds. The molecular weight excluding hydrogens is 203 g/mol. The highest BCUT2D eigenvalue weighted by Crippen LogP contribution is 2.19. The lowest BCUT2D eigenvalue weighted by Gasteiger charge is -2.03. The van der Waals surface area contributed by atoms with Crippen molar-refractivity contribution in [3.05, 3.63) is 29.6 Å². The fraction of sp³-hybridized carbons (Fsp3) is 0.200. The summed E-state index contributed by atoms with van der Waals surface area (Å²) in [4.78, 5) is 21.6. The number of carboxylic acids is 1. The van der Waals surface area contributed by atoms with Crippen LogP contribution in [-0.4, -0.2) is 24.0 Å².